The first kappa shape index (κ1) is 36.6. The van der Waals surface area contributed by atoms with E-state index in [0.717, 1.165) is 51.4 Å². The Labute approximate surface area is 259 Å². The van der Waals surface area contributed by atoms with Crippen LogP contribution >= 0.6 is 0 Å². The quantitative estimate of drug-likeness (QED) is 0.229. The highest BCUT2D eigenvalue weighted by Gasteiger charge is 2.69. The van der Waals surface area contributed by atoms with Gasteiger partial charge in [-0.15, -0.1) is 0 Å². The Balaban J connectivity index is 0.000000953. The molecule has 0 aromatic carbocycles. The van der Waals surface area contributed by atoms with E-state index in [4.69, 9.17) is 35.5 Å². The second-order valence-electron chi connectivity index (χ2n) is 13.9. The van der Waals surface area contributed by atoms with Crippen LogP contribution in [0.25, 0.3) is 0 Å². The lowest BCUT2D eigenvalue weighted by atomic mass is 9.41. The van der Waals surface area contributed by atoms with Crippen molar-refractivity contribution in [3.63, 3.8) is 0 Å². The minimum atomic E-state index is -1.18. The molecule has 0 aromatic heterocycles. The van der Waals surface area contributed by atoms with Crippen LogP contribution in [0.5, 0.6) is 0 Å². The van der Waals surface area contributed by atoms with Gasteiger partial charge in [-0.1, -0.05) is 27.7 Å². The van der Waals surface area contributed by atoms with Crippen molar-refractivity contribution in [1.82, 2.24) is 0 Å². The summed E-state index contributed by atoms with van der Waals surface area (Å²) < 4.78 is 23.1. The number of ether oxygens (including phenoxy) is 4. The Kier molecular flexibility index (Phi) is 12.2. The lowest BCUT2D eigenvalue weighted by molar-refractivity contribution is -0.315. The average molecular weight is 615 g/mol. The second kappa shape index (κ2) is 14.3. The van der Waals surface area contributed by atoms with Gasteiger partial charge in [0.2, 0.25) is 0 Å². The summed E-state index contributed by atoms with van der Waals surface area (Å²) in [5.74, 6) is 0.458. The molecular weight excluding hydrogens is 552 g/mol. The van der Waals surface area contributed by atoms with Crippen molar-refractivity contribution < 1.29 is 39.1 Å². The number of aliphatic hydroxyl groups is 3. The van der Waals surface area contributed by atoms with Crippen molar-refractivity contribution in [1.29, 1.82) is 0 Å². The Morgan fingerprint density at radius 2 is 1.53 bits per heavy atom. The molecule has 5 aliphatic rings. The van der Waals surface area contributed by atoms with Gasteiger partial charge < -0.3 is 45.7 Å². The molecule has 252 valence electrons. The number of rotatable bonds is 5. The molecule has 1 aliphatic heterocycles. The summed E-state index contributed by atoms with van der Waals surface area (Å²) >= 11 is 0. The molecule has 10 nitrogen and oxygen atoms in total. The van der Waals surface area contributed by atoms with Gasteiger partial charge in [-0.2, -0.15) is 0 Å². The first-order valence-electron chi connectivity index (χ1n) is 16.8. The molecule has 5 fully saturated rings. The molecule has 0 aromatic rings. The van der Waals surface area contributed by atoms with Gasteiger partial charge in [0.25, 0.3) is 0 Å². The standard InChI is InChI=1S/C29H50N2O7.C2H6O.C2H6/c1-6-36-23-16(2)37-25(22(33)21(23)32)38-17-7-11-26(3)18-8-12-27(4)20(24(34)35-5)10-14-29(27,31)19(18)9-13-28(26,30)15-17;1-2-3;1-2/h16-23,25,32-33H,6-15,30-31H2,1-5H3;3H,2H2,1H3;1-2H3. The third kappa shape index (κ3) is 6.16. The smallest absolute Gasteiger partial charge is 0.309 e. The largest absolute Gasteiger partial charge is 0.469 e. The predicted molar refractivity (Wildman–Crippen MR) is 165 cm³/mol. The van der Waals surface area contributed by atoms with E-state index in [9.17, 15) is 15.0 Å². The lowest BCUT2D eigenvalue weighted by Crippen LogP contribution is -2.72. The number of aliphatic hydroxyl groups excluding tert-OH is 3. The van der Waals surface area contributed by atoms with E-state index in [1.165, 1.54) is 7.11 Å². The van der Waals surface area contributed by atoms with Crippen LogP contribution in [0.1, 0.15) is 106 Å². The summed E-state index contributed by atoms with van der Waals surface area (Å²) in [6, 6.07) is 0. The second-order valence-corrected chi connectivity index (χ2v) is 13.9. The van der Waals surface area contributed by atoms with Gasteiger partial charge in [0.1, 0.15) is 18.3 Å². The molecule has 0 amide bonds. The van der Waals surface area contributed by atoms with Gasteiger partial charge >= 0.3 is 5.97 Å². The summed E-state index contributed by atoms with van der Waals surface area (Å²) in [4.78, 5) is 12.7. The predicted octanol–water partition coefficient (Wildman–Crippen LogP) is 3.26. The van der Waals surface area contributed by atoms with E-state index in [0.29, 0.717) is 24.9 Å². The fourth-order valence-electron chi connectivity index (χ4n) is 9.74. The van der Waals surface area contributed by atoms with E-state index in [1.807, 2.05) is 27.7 Å². The maximum Gasteiger partial charge on any atom is 0.309 e. The van der Waals surface area contributed by atoms with Crippen molar-refractivity contribution >= 4 is 5.97 Å². The molecule has 0 spiro atoms. The molecule has 43 heavy (non-hydrogen) atoms. The Morgan fingerprint density at radius 3 is 2.14 bits per heavy atom. The molecule has 0 radical (unpaired) electrons. The van der Waals surface area contributed by atoms with Crippen LogP contribution in [-0.2, 0) is 23.7 Å². The van der Waals surface area contributed by atoms with Crippen LogP contribution in [-0.4, -0.2) is 89.5 Å². The number of carbonyl (C=O) groups is 1. The molecule has 7 N–H and O–H groups in total. The maximum atomic E-state index is 12.7. The number of fused-ring (bicyclic) bond motifs is 5. The molecular formula is C33H62N2O8. The zero-order chi connectivity index (χ0) is 32.4. The van der Waals surface area contributed by atoms with Crippen LogP contribution in [0.4, 0.5) is 0 Å². The number of esters is 1. The molecule has 13 unspecified atom stereocenters. The molecule has 10 heteroatoms. The first-order chi connectivity index (χ1) is 20.3. The molecule has 5 rings (SSSR count). The fourth-order valence-corrected chi connectivity index (χ4v) is 9.74. The van der Waals surface area contributed by atoms with Crippen LogP contribution in [0.2, 0.25) is 0 Å². The normalized spacial score (nSPS) is 48.7. The van der Waals surface area contributed by atoms with E-state index in [-0.39, 0.29) is 35.4 Å². The maximum absolute atomic E-state index is 12.7. The molecule has 0 bridgehead atoms. The SMILES string of the molecule is CC.CCO.CCOC1C(C)OC(OC2CCC3(C)C4CCC5(C)C(C(=O)OC)CCC5(N)C4CCC3(N)C2)C(O)C1O. The number of hydrogen-bond acceptors (Lipinski definition) is 10. The van der Waals surface area contributed by atoms with Crippen molar-refractivity contribution in [3.8, 4) is 0 Å². The van der Waals surface area contributed by atoms with Gasteiger partial charge in [0, 0.05) is 24.3 Å². The molecule has 13 atom stereocenters. The van der Waals surface area contributed by atoms with E-state index in [1.54, 1.807) is 6.92 Å². The number of methoxy groups -OCH3 is 1. The van der Waals surface area contributed by atoms with Gasteiger partial charge in [-0.25, -0.2) is 0 Å². The van der Waals surface area contributed by atoms with Crippen LogP contribution in [0.3, 0.4) is 0 Å². The Bertz CT molecular complexity index is 925. The van der Waals surface area contributed by atoms with Crippen LogP contribution in [0, 0.1) is 28.6 Å². The fraction of sp³-hybridized carbons (Fsp3) is 0.970. The average Bonchev–Trinajstić information content (AvgIpc) is 3.26. The minimum Gasteiger partial charge on any atom is -0.469 e. The highest BCUT2D eigenvalue weighted by atomic mass is 16.7. The molecule has 4 saturated carbocycles. The van der Waals surface area contributed by atoms with Crippen molar-refractivity contribution in [2.24, 2.45) is 40.1 Å². The Morgan fingerprint density at radius 1 is 0.930 bits per heavy atom. The molecule has 4 aliphatic carbocycles. The third-order valence-electron chi connectivity index (χ3n) is 12.2. The number of hydrogen-bond donors (Lipinski definition) is 5. The van der Waals surface area contributed by atoms with Gasteiger partial charge in [0.15, 0.2) is 6.29 Å². The van der Waals surface area contributed by atoms with E-state index in [2.05, 4.69) is 13.8 Å². The van der Waals surface area contributed by atoms with Crippen molar-refractivity contribution in [2.45, 2.75) is 154 Å². The van der Waals surface area contributed by atoms with E-state index < -0.39 is 41.8 Å². The summed E-state index contributed by atoms with van der Waals surface area (Å²) in [6.07, 6.45) is 3.44. The van der Waals surface area contributed by atoms with Crippen LogP contribution < -0.4 is 11.5 Å². The van der Waals surface area contributed by atoms with Gasteiger partial charge in [-0.05, 0) is 101 Å². The summed E-state index contributed by atoms with van der Waals surface area (Å²) in [6.45, 7) is 14.6. The zero-order valence-corrected chi connectivity index (χ0v) is 28.0. The van der Waals surface area contributed by atoms with Crippen molar-refractivity contribution in [3.05, 3.63) is 0 Å². The summed E-state index contributed by atoms with van der Waals surface area (Å²) in [7, 11) is 1.48. The van der Waals surface area contributed by atoms with Gasteiger partial charge in [0.05, 0.1) is 25.2 Å². The highest BCUT2D eigenvalue weighted by molar-refractivity contribution is 5.74. The minimum absolute atomic E-state index is 0.0915. The zero-order valence-electron chi connectivity index (χ0n) is 28.0. The third-order valence-corrected chi connectivity index (χ3v) is 12.2. The monoisotopic (exact) mass is 614 g/mol. The highest BCUT2D eigenvalue weighted by Crippen LogP contribution is 2.68. The summed E-state index contributed by atoms with van der Waals surface area (Å²) in [5.41, 5.74) is 13.5. The first-order valence-corrected chi connectivity index (χ1v) is 16.8. The number of nitrogens with two attached hydrogens (primary N) is 2. The molecule has 1 heterocycles. The number of carbonyl (C=O) groups excluding carboxylic acids is 1. The topological polar surface area (TPSA) is 167 Å². The summed E-state index contributed by atoms with van der Waals surface area (Å²) in [5, 5.41) is 28.9. The lowest BCUT2D eigenvalue weighted by Gasteiger charge is -2.67. The van der Waals surface area contributed by atoms with Crippen molar-refractivity contribution in [2.75, 3.05) is 20.3 Å². The van der Waals surface area contributed by atoms with Gasteiger partial charge in [-0.3, -0.25) is 4.79 Å². The molecule has 1 saturated heterocycles. The van der Waals surface area contributed by atoms with E-state index >= 15 is 0 Å². The van der Waals surface area contributed by atoms with Crippen LogP contribution in [0.15, 0.2) is 0 Å². The Hall–Kier alpha value is -0.850.